The van der Waals surface area contributed by atoms with Crippen molar-refractivity contribution in [3.8, 4) is 0 Å². The molecule has 0 aromatic rings. The summed E-state index contributed by atoms with van der Waals surface area (Å²) in [6.45, 7) is 7.60. The second-order valence-corrected chi connectivity index (χ2v) is 5.89. The highest BCUT2D eigenvalue weighted by molar-refractivity contribution is 5.87. The molecule has 0 spiro atoms. The molecule has 1 saturated carbocycles. The minimum atomic E-state index is -0.415. The van der Waals surface area contributed by atoms with Crippen molar-refractivity contribution in [1.82, 2.24) is 10.6 Å². The van der Waals surface area contributed by atoms with Crippen molar-refractivity contribution in [2.45, 2.75) is 65.5 Å². The zero-order valence-corrected chi connectivity index (χ0v) is 12.0. The van der Waals surface area contributed by atoms with Crippen molar-refractivity contribution in [3.63, 3.8) is 0 Å². The molecule has 104 valence electrons. The molecule has 1 aliphatic rings. The van der Waals surface area contributed by atoms with Crippen LogP contribution >= 0.6 is 0 Å². The van der Waals surface area contributed by atoms with E-state index < -0.39 is 6.04 Å². The molecule has 0 unspecified atom stereocenters. The summed E-state index contributed by atoms with van der Waals surface area (Å²) in [5.74, 6) is 0.687. The van der Waals surface area contributed by atoms with Gasteiger partial charge in [-0.15, -0.1) is 0 Å². The predicted molar refractivity (Wildman–Crippen MR) is 72.0 cm³/mol. The second-order valence-electron chi connectivity index (χ2n) is 5.89. The number of hydrogen-bond acceptors (Lipinski definition) is 2. The average Bonchev–Trinajstić information content (AvgIpc) is 2.28. The Bertz CT molecular complexity index is 294. The number of hydrogen-bond donors (Lipinski definition) is 2. The fraction of sp³-hybridized carbons (Fsp3) is 0.857. The average molecular weight is 254 g/mol. The minimum Gasteiger partial charge on any atom is -0.352 e. The third-order valence-electron chi connectivity index (χ3n) is 3.67. The smallest absolute Gasteiger partial charge is 0.243 e. The van der Waals surface area contributed by atoms with Gasteiger partial charge in [-0.05, 0) is 37.5 Å². The Morgan fingerprint density at radius 3 is 2.11 bits per heavy atom. The van der Waals surface area contributed by atoms with Crippen molar-refractivity contribution in [2.75, 3.05) is 0 Å². The zero-order valence-electron chi connectivity index (χ0n) is 12.0. The molecule has 0 radical (unpaired) electrons. The highest BCUT2D eigenvalue weighted by atomic mass is 16.2. The van der Waals surface area contributed by atoms with E-state index in [0.717, 1.165) is 18.8 Å². The molecule has 1 rings (SSSR count). The molecule has 0 heterocycles. The van der Waals surface area contributed by atoms with Crippen molar-refractivity contribution >= 4 is 11.8 Å². The molecule has 1 aliphatic carbocycles. The van der Waals surface area contributed by atoms with E-state index in [9.17, 15) is 9.59 Å². The molecule has 1 fully saturated rings. The Balaban J connectivity index is 2.48. The first-order valence-electron chi connectivity index (χ1n) is 6.97. The van der Waals surface area contributed by atoms with E-state index in [2.05, 4.69) is 17.6 Å². The zero-order chi connectivity index (χ0) is 13.7. The molecule has 0 aliphatic heterocycles. The summed E-state index contributed by atoms with van der Waals surface area (Å²) in [5.41, 5.74) is 0. The summed E-state index contributed by atoms with van der Waals surface area (Å²) in [6, 6.07) is -0.134. The lowest BCUT2D eigenvalue weighted by Crippen LogP contribution is -2.52. The van der Waals surface area contributed by atoms with E-state index in [1.165, 1.54) is 19.8 Å². The van der Waals surface area contributed by atoms with Crippen molar-refractivity contribution in [2.24, 2.45) is 11.8 Å². The SMILES string of the molecule is CC(=O)N[C@@H](C(=O)NC1CCC(C)CC1)C(C)C. The van der Waals surface area contributed by atoms with Crippen LogP contribution in [0.1, 0.15) is 53.4 Å². The van der Waals surface area contributed by atoms with Gasteiger partial charge in [0.15, 0.2) is 0 Å². The lowest BCUT2D eigenvalue weighted by molar-refractivity contribution is -0.129. The van der Waals surface area contributed by atoms with E-state index in [1.54, 1.807) is 0 Å². The molecule has 0 aromatic heterocycles. The molecule has 0 saturated heterocycles. The van der Waals surface area contributed by atoms with E-state index in [-0.39, 0.29) is 23.8 Å². The summed E-state index contributed by atoms with van der Waals surface area (Å²) in [4.78, 5) is 23.3. The number of amides is 2. The van der Waals surface area contributed by atoms with Gasteiger partial charge in [0.2, 0.25) is 11.8 Å². The highest BCUT2D eigenvalue weighted by Gasteiger charge is 2.26. The number of carbonyl (C=O) groups is 2. The molecule has 4 heteroatoms. The number of rotatable bonds is 4. The van der Waals surface area contributed by atoms with Crippen LogP contribution < -0.4 is 10.6 Å². The van der Waals surface area contributed by atoms with Crippen molar-refractivity contribution in [1.29, 1.82) is 0 Å². The van der Waals surface area contributed by atoms with E-state index >= 15 is 0 Å². The maximum Gasteiger partial charge on any atom is 0.243 e. The summed E-state index contributed by atoms with van der Waals surface area (Å²) in [6.07, 6.45) is 4.46. The molecule has 0 aromatic carbocycles. The van der Waals surface area contributed by atoms with Crippen LogP contribution in [0.15, 0.2) is 0 Å². The first-order valence-corrected chi connectivity index (χ1v) is 6.97. The second kappa shape index (κ2) is 6.76. The van der Waals surface area contributed by atoms with E-state index in [1.807, 2.05) is 13.8 Å². The Morgan fingerprint density at radius 1 is 1.11 bits per heavy atom. The van der Waals surface area contributed by atoms with Crippen LogP contribution in [0.2, 0.25) is 0 Å². The fourth-order valence-electron chi connectivity index (χ4n) is 2.45. The van der Waals surface area contributed by atoms with E-state index in [0.29, 0.717) is 0 Å². The summed E-state index contributed by atoms with van der Waals surface area (Å²) in [7, 11) is 0. The lowest BCUT2D eigenvalue weighted by atomic mass is 9.87. The predicted octanol–water partition coefficient (Wildman–Crippen LogP) is 1.84. The standard InChI is InChI=1S/C14H26N2O2/c1-9(2)13(15-11(4)17)14(18)16-12-7-5-10(3)6-8-12/h9-10,12-13H,5-8H2,1-4H3,(H,15,17)(H,16,18)/t10?,12?,13-/m1/s1. The van der Waals surface area contributed by atoms with Gasteiger partial charge in [-0.3, -0.25) is 9.59 Å². The van der Waals surface area contributed by atoms with Crippen LogP contribution in [-0.4, -0.2) is 23.9 Å². The van der Waals surface area contributed by atoms with Gasteiger partial charge in [-0.2, -0.15) is 0 Å². The lowest BCUT2D eigenvalue weighted by Gasteiger charge is -2.29. The highest BCUT2D eigenvalue weighted by Crippen LogP contribution is 2.23. The van der Waals surface area contributed by atoms with Gasteiger partial charge in [0, 0.05) is 13.0 Å². The van der Waals surface area contributed by atoms with Crippen LogP contribution in [0.5, 0.6) is 0 Å². The summed E-state index contributed by atoms with van der Waals surface area (Å²) in [5, 5.41) is 5.80. The van der Waals surface area contributed by atoms with Crippen LogP contribution in [0.3, 0.4) is 0 Å². The summed E-state index contributed by atoms with van der Waals surface area (Å²) < 4.78 is 0. The van der Waals surface area contributed by atoms with E-state index in [4.69, 9.17) is 0 Å². The van der Waals surface area contributed by atoms with Crippen LogP contribution in [-0.2, 0) is 9.59 Å². The maximum atomic E-state index is 12.1. The van der Waals surface area contributed by atoms with Crippen molar-refractivity contribution in [3.05, 3.63) is 0 Å². The third kappa shape index (κ3) is 4.67. The Kier molecular flexibility index (Phi) is 5.63. The number of carbonyl (C=O) groups excluding carboxylic acids is 2. The van der Waals surface area contributed by atoms with Gasteiger partial charge in [0.25, 0.3) is 0 Å². The molecular formula is C14H26N2O2. The normalized spacial score (nSPS) is 25.6. The molecule has 2 amide bonds. The van der Waals surface area contributed by atoms with Crippen LogP contribution in [0, 0.1) is 11.8 Å². The first-order chi connectivity index (χ1) is 8.40. The molecule has 18 heavy (non-hydrogen) atoms. The Morgan fingerprint density at radius 2 is 1.67 bits per heavy atom. The molecule has 0 bridgehead atoms. The largest absolute Gasteiger partial charge is 0.352 e. The van der Waals surface area contributed by atoms with Crippen molar-refractivity contribution < 1.29 is 9.59 Å². The van der Waals surface area contributed by atoms with Gasteiger partial charge < -0.3 is 10.6 Å². The van der Waals surface area contributed by atoms with Crippen LogP contribution in [0.4, 0.5) is 0 Å². The molecule has 1 atom stereocenters. The summed E-state index contributed by atoms with van der Waals surface area (Å²) >= 11 is 0. The van der Waals surface area contributed by atoms with Gasteiger partial charge in [-0.1, -0.05) is 20.8 Å². The van der Waals surface area contributed by atoms with Gasteiger partial charge in [0.05, 0.1) is 0 Å². The fourth-order valence-corrected chi connectivity index (χ4v) is 2.45. The van der Waals surface area contributed by atoms with Crippen LogP contribution in [0.25, 0.3) is 0 Å². The maximum absolute atomic E-state index is 12.1. The quantitative estimate of drug-likeness (QED) is 0.804. The Labute approximate surface area is 110 Å². The van der Waals surface area contributed by atoms with Gasteiger partial charge >= 0.3 is 0 Å². The Hall–Kier alpha value is -1.06. The van der Waals surface area contributed by atoms with Gasteiger partial charge in [-0.25, -0.2) is 0 Å². The molecule has 4 nitrogen and oxygen atoms in total. The third-order valence-corrected chi connectivity index (χ3v) is 3.67. The first kappa shape index (κ1) is 15.0. The molecule has 2 N–H and O–H groups in total. The monoisotopic (exact) mass is 254 g/mol. The number of nitrogens with one attached hydrogen (secondary N) is 2. The minimum absolute atomic E-state index is 0.0419. The molecular weight excluding hydrogens is 228 g/mol. The topological polar surface area (TPSA) is 58.2 Å². The van der Waals surface area contributed by atoms with Gasteiger partial charge in [0.1, 0.15) is 6.04 Å².